The number of hydrogen-bond acceptors (Lipinski definition) is 5. The third-order valence-electron chi connectivity index (χ3n) is 4.13. The SMILES string of the molecule is COc1ccc(-n2ccnc2-c2nccn2[C@@H]2C=CS(=O)(=O)C2)cc1. The first-order chi connectivity index (χ1) is 12.1. The molecule has 2 aromatic heterocycles. The van der Waals surface area contributed by atoms with Crippen LogP contribution in [0.15, 0.2) is 60.5 Å². The zero-order chi connectivity index (χ0) is 17.4. The zero-order valence-corrected chi connectivity index (χ0v) is 14.3. The van der Waals surface area contributed by atoms with Gasteiger partial charge in [0.1, 0.15) is 5.75 Å². The van der Waals surface area contributed by atoms with E-state index in [4.69, 9.17) is 4.74 Å². The molecule has 0 radical (unpaired) electrons. The Kier molecular flexibility index (Phi) is 3.69. The summed E-state index contributed by atoms with van der Waals surface area (Å²) in [4.78, 5) is 8.82. The first-order valence-corrected chi connectivity index (χ1v) is 9.41. The molecule has 0 saturated heterocycles. The number of hydrogen-bond donors (Lipinski definition) is 0. The summed E-state index contributed by atoms with van der Waals surface area (Å²) in [6.45, 7) is 0. The van der Waals surface area contributed by atoms with Gasteiger partial charge in [-0.3, -0.25) is 4.57 Å². The number of benzene rings is 1. The van der Waals surface area contributed by atoms with E-state index >= 15 is 0 Å². The second-order valence-electron chi connectivity index (χ2n) is 5.70. The fourth-order valence-electron chi connectivity index (χ4n) is 2.91. The highest BCUT2D eigenvalue weighted by Crippen LogP contribution is 2.27. The number of rotatable bonds is 4. The van der Waals surface area contributed by atoms with Crippen LogP contribution in [0, 0.1) is 0 Å². The smallest absolute Gasteiger partial charge is 0.181 e. The number of sulfone groups is 1. The van der Waals surface area contributed by atoms with E-state index in [1.807, 2.05) is 39.6 Å². The monoisotopic (exact) mass is 356 g/mol. The Morgan fingerprint density at radius 3 is 2.48 bits per heavy atom. The molecule has 25 heavy (non-hydrogen) atoms. The van der Waals surface area contributed by atoms with Crippen LogP contribution in [-0.4, -0.2) is 40.4 Å². The van der Waals surface area contributed by atoms with Gasteiger partial charge in [-0.25, -0.2) is 18.4 Å². The number of methoxy groups -OCH3 is 1. The van der Waals surface area contributed by atoms with Crippen LogP contribution < -0.4 is 4.74 Å². The summed E-state index contributed by atoms with van der Waals surface area (Å²) < 4.78 is 32.4. The first kappa shape index (κ1) is 15.6. The minimum Gasteiger partial charge on any atom is -0.497 e. The number of imidazole rings is 2. The number of aromatic nitrogens is 4. The summed E-state index contributed by atoms with van der Waals surface area (Å²) in [5.41, 5.74) is 0.914. The maximum absolute atomic E-state index is 11.7. The highest BCUT2D eigenvalue weighted by Gasteiger charge is 2.26. The van der Waals surface area contributed by atoms with Crippen molar-refractivity contribution >= 4 is 9.84 Å². The van der Waals surface area contributed by atoms with Crippen molar-refractivity contribution < 1.29 is 13.2 Å². The van der Waals surface area contributed by atoms with Crippen molar-refractivity contribution in [2.75, 3.05) is 12.9 Å². The van der Waals surface area contributed by atoms with Crippen LogP contribution in [0.3, 0.4) is 0 Å². The van der Waals surface area contributed by atoms with E-state index in [1.54, 1.807) is 31.8 Å². The fourth-order valence-corrected chi connectivity index (χ4v) is 4.19. The van der Waals surface area contributed by atoms with Crippen molar-refractivity contribution in [1.82, 2.24) is 19.1 Å². The third kappa shape index (κ3) is 2.85. The molecule has 4 rings (SSSR count). The average Bonchev–Trinajstić information content (AvgIpc) is 3.32. The minimum atomic E-state index is -3.15. The number of nitrogens with zero attached hydrogens (tertiary/aromatic N) is 4. The van der Waals surface area contributed by atoms with Gasteiger partial charge in [0.25, 0.3) is 0 Å². The van der Waals surface area contributed by atoms with E-state index in [0.717, 1.165) is 11.4 Å². The van der Waals surface area contributed by atoms with Gasteiger partial charge in [0, 0.05) is 35.9 Å². The van der Waals surface area contributed by atoms with Gasteiger partial charge in [-0.15, -0.1) is 0 Å². The molecule has 0 saturated carbocycles. The van der Waals surface area contributed by atoms with Crippen molar-refractivity contribution in [3.05, 3.63) is 60.5 Å². The molecule has 0 amide bonds. The molecule has 8 heteroatoms. The summed E-state index contributed by atoms with van der Waals surface area (Å²) in [5.74, 6) is 2.08. The van der Waals surface area contributed by atoms with Gasteiger partial charge in [0.05, 0.1) is 18.9 Å². The standard InChI is InChI=1S/C17H16N4O3S/c1-24-15-4-2-13(3-5-15)20-9-7-18-16(20)17-19-8-10-21(17)14-6-11-25(22,23)12-14/h2-11,14H,12H2,1H3/t14-/m1/s1. The van der Waals surface area contributed by atoms with E-state index < -0.39 is 9.84 Å². The van der Waals surface area contributed by atoms with E-state index in [0.29, 0.717) is 11.6 Å². The molecule has 1 aliphatic heterocycles. The van der Waals surface area contributed by atoms with Crippen molar-refractivity contribution in [2.24, 2.45) is 0 Å². The van der Waals surface area contributed by atoms with E-state index in [9.17, 15) is 8.42 Å². The van der Waals surface area contributed by atoms with E-state index in [1.165, 1.54) is 5.41 Å². The van der Waals surface area contributed by atoms with Crippen molar-refractivity contribution in [3.8, 4) is 23.1 Å². The Bertz CT molecular complexity index is 1030. The molecule has 1 aromatic carbocycles. The minimum absolute atomic E-state index is 0.0413. The molecular weight excluding hydrogens is 340 g/mol. The molecule has 0 N–H and O–H groups in total. The van der Waals surface area contributed by atoms with Gasteiger partial charge in [-0.1, -0.05) is 0 Å². The fraction of sp³-hybridized carbons (Fsp3) is 0.176. The highest BCUT2D eigenvalue weighted by molar-refractivity contribution is 7.94. The van der Waals surface area contributed by atoms with Gasteiger partial charge in [0.2, 0.25) is 0 Å². The molecule has 0 spiro atoms. The van der Waals surface area contributed by atoms with Crippen LogP contribution in [0.5, 0.6) is 5.75 Å². The lowest BCUT2D eigenvalue weighted by Crippen LogP contribution is -2.13. The second-order valence-corrected chi connectivity index (χ2v) is 7.63. The maximum atomic E-state index is 11.7. The summed E-state index contributed by atoms with van der Waals surface area (Å²) >= 11 is 0. The molecule has 3 aromatic rings. The Hall–Kier alpha value is -2.87. The number of ether oxygens (including phenoxy) is 1. The van der Waals surface area contributed by atoms with Crippen LogP contribution in [-0.2, 0) is 9.84 Å². The Balaban J connectivity index is 1.74. The molecule has 0 bridgehead atoms. The summed E-state index contributed by atoms with van der Waals surface area (Å²) in [7, 11) is -1.52. The Morgan fingerprint density at radius 2 is 1.80 bits per heavy atom. The molecule has 1 atom stereocenters. The third-order valence-corrected chi connectivity index (χ3v) is 5.51. The predicted octanol–water partition coefficient (Wildman–Crippen LogP) is 2.23. The van der Waals surface area contributed by atoms with Gasteiger partial charge in [-0.2, -0.15) is 0 Å². The molecule has 0 fully saturated rings. The largest absolute Gasteiger partial charge is 0.497 e. The first-order valence-electron chi connectivity index (χ1n) is 7.69. The topological polar surface area (TPSA) is 79.0 Å². The molecule has 3 heterocycles. The molecule has 128 valence electrons. The molecular formula is C17H16N4O3S. The van der Waals surface area contributed by atoms with Crippen LogP contribution in [0.1, 0.15) is 6.04 Å². The average molecular weight is 356 g/mol. The van der Waals surface area contributed by atoms with Crippen molar-refractivity contribution in [2.45, 2.75) is 6.04 Å². The second kappa shape index (κ2) is 5.89. The lowest BCUT2D eigenvalue weighted by atomic mass is 10.3. The lowest BCUT2D eigenvalue weighted by molar-refractivity contribution is 0.415. The molecule has 7 nitrogen and oxygen atoms in total. The summed E-state index contributed by atoms with van der Waals surface area (Å²) in [6, 6.07) is 7.33. The number of allylic oxidation sites excluding steroid dienone is 1. The van der Waals surface area contributed by atoms with Crippen LogP contribution in [0.2, 0.25) is 0 Å². The van der Waals surface area contributed by atoms with E-state index in [2.05, 4.69) is 9.97 Å². The van der Waals surface area contributed by atoms with Crippen LogP contribution in [0.25, 0.3) is 17.3 Å². The molecule has 1 aliphatic rings. The highest BCUT2D eigenvalue weighted by atomic mass is 32.2. The maximum Gasteiger partial charge on any atom is 0.181 e. The van der Waals surface area contributed by atoms with E-state index in [-0.39, 0.29) is 11.8 Å². The predicted molar refractivity (Wildman–Crippen MR) is 93.3 cm³/mol. The van der Waals surface area contributed by atoms with Gasteiger partial charge in [0.15, 0.2) is 21.5 Å². The van der Waals surface area contributed by atoms with Gasteiger partial charge < -0.3 is 9.30 Å². The zero-order valence-electron chi connectivity index (χ0n) is 13.5. The van der Waals surface area contributed by atoms with Crippen LogP contribution in [0.4, 0.5) is 0 Å². The Labute approximate surface area is 145 Å². The summed E-state index contributed by atoms with van der Waals surface area (Å²) in [6.07, 6.45) is 8.65. The van der Waals surface area contributed by atoms with Gasteiger partial charge in [-0.05, 0) is 30.3 Å². The molecule has 0 unspecified atom stereocenters. The molecule has 0 aliphatic carbocycles. The van der Waals surface area contributed by atoms with Gasteiger partial charge >= 0.3 is 0 Å². The quantitative estimate of drug-likeness (QED) is 0.716. The van der Waals surface area contributed by atoms with Crippen LogP contribution >= 0.6 is 0 Å². The van der Waals surface area contributed by atoms with Crippen molar-refractivity contribution in [1.29, 1.82) is 0 Å². The normalized spacial score (nSPS) is 18.5. The summed E-state index contributed by atoms with van der Waals surface area (Å²) in [5, 5.41) is 1.26. The van der Waals surface area contributed by atoms with Crippen molar-refractivity contribution in [3.63, 3.8) is 0 Å². The Morgan fingerprint density at radius 1 is 1.08 bits per heavy atom. The lowest BCUT2D eigenvalue weighted by Gasteiger charge is -2.14.